The Morgan fingerprint density at radius 3 is 2.94 bits per heavy atom. The lowest BCUT2D eigenvalue weighted by atomic mass is 10.2. The molecule has 0 spiro atoms. The van der Waals surface area contributed by atoms with Crippen LogP contribution in [0.25, 0.3) is 0 Å². The van der Waals surface area contributed by atoms with E-state index in [1.54, 1.807) is 0 Å². The van der Waals surface area contributed by atoms with E-state index in [0.29, 0.717) is 5.75 Å². The summed E-state index contributed by atoms with van der Waals surface area (Å²) < 4.78 is 13.3. The van der Waals surface area contributed by atoms with Crippen LogP contribution in [0.3, 0.4) is 0 Å². The molecule has 0 aliphatic carbocycles. The zero-order valence-electron chi connectivity index (χ0n) is 8.57. The van der Waals surface area contributed by atoms with Gasteiger partial charge < -0.3 is 15.7 Å². The maximum Gasteiger partial charge on any atom is 0.279 e. The smallest absolute Gasteiger partial charge is 0.279 e. The predicted molar refractivity (Wildman–Crippen MR) is 61.5 cm³/mol. The number of rotatable bonds is 2. The molecule has 0 bridgehead atoms. The van der Waals surface area contributed by atoms with Crippen molar-refractivity contribution in [3.05, 3.63) is 24.0 Å². The van der Waals surface area contributed by atoms with Crippen LogP contribution in [0.4, 0.5) is 14.9 Å². The zero-order chi connectivity index (χ0) is 12.4. The van der Waals surface area contributed by atoms with Crippen LogP contribution in [-0.4, -0.2) is 28.0 Å². The van der Waals surface area contributed by atoms with Gasteiger partial charge in [0.05, 0.1) is 5.69 Å². The van der Waals surface area contributed by atoms with Crippen molar-refractivity contribution in [1.82, 2.24) is 5.32 Å². The number of nitrogens with one attached hydrogen (secondary N) is 2. The molecule has 2 rings (SSSR count). The van der Waals surface area contributed by atoms with Gasteiger partial charge in [0.25, 0.3) is 5.24 Å². The summed E-state index contributed by atoms with van der Waals surface area (Å²) in [5.74, 6) is -1.10. The van der Waals surface area contributed by atoms with Crippen LogP contribution in [0, 0.1) is 5.82 Å². The first kappa shape index (κ1) is 11.7. The van der Waals surface area contributed by atoms with Gasteiger partial charge in [-0.3, -0.25) is 9.59 Å². The SMILES string of the molecule is O=C1NC(C(=O)Nc2ccc(O)cc2F)CS1. The Morgan fingerprint density at radius 1 is 1.59 bits per heavy atom. The van der Waals surface area contributed by atoms with E-state index in [2.05, 4.69) is 10.6 Å². The highest BCUT2D eigenvalue weighted by Gasteiger charge is 2.28. The Balaban J connectivity index is 2.05. The number of aromatic hydroxyl groups is 1. The third kappa shape index (κ3) is 2.68. The number of hydrogen-bond donors (Lipinski definition) is 3. The molecule has 0 radical (unpaired) electrons. The molecule has 17 heavy (non-hydrogen) atoms. The molecule has 1 fully saturated rings. The number of amides is 2. The fraction of sp³-hybridized carbons (Fsp3) is 0.200. The number of phenolic OH excluding ortho intramolecular Hbond substituents is 1. The lowest BCUT2D eigenvalue weighted by molar-refractivity contribution is -0.117. The van der Waals surface area contributed by atoms with Crippen LogP contribution < -0.4 is 10.6 Å². The highest BCUT2D eigenvalue weighted by molar-refractivity contribution is 8.14. The summed E-state index contributed by atoms with van der Waals surface area (Å²) in [6.45, 7) is 0. The monoisotopic (exact) mass is 256 g/mol. The van der Waals surface area contributed by atoms with Crippen molar-refractivity contribution in [1.29, 1.82) is 0 Å². The molecule has 1 aliphatic heterocycles. The van der Waals surface area contributed by atoms with Crippen molar-refractivity contribution in [2.45, 2.75) is 6.04 Å². The van der Waals surface area contributed by atoms with Crippen molar-refractivity contribution in [3.63, 3.8) is 0 Å². The van der Waals surface area contributed by atoms with Crippen molar-refractivity contribution < 1.29 is 19.1 Å². The normalized spacial score (nSPS) is 18.9. The summed E-state index contributed by atoms with van der Waals surface area (Å²) in [5.41, 5.74) is -0.0288. The molecule has 1 atom stereocenters. The van der Waals surface area contributed by atoms with E-state index < -0.39 is 17.8 Å². The fourth-order valence-corrected chi connectivity index (χ4v) is 2.13. The lowest BCUT2D eigenvalue weighted by Gasteiger charge is -2.10. The van der Waals surface area contributed by atoms with Gasteiger partial charge in [0.2, 0.25) is 5.91 Å². The molecular weight excluding hydrogens is 247 g/mol. The Kier molecular flexibility index (Phi) is 3.19. The number of carbonyl (C=O) groups excluding carboxylic acids is 2. The first-order chi connectivity index (χ1) is 8.06. The topological polar surface area (TPSA) is 78.4 Å². The van der Waals surface area contributed by atoms with Gasteiger partial charge in [-0.05, 0) is 12.1 Å². The molecule has 90 valence electrons. The lowest BCUT2D eigenvalue weighted by Crippen LogP contribution is -2.38. The van der Waals surface area contributed by atoms with Gasteiger partial charge in [-0.25, -0.2) is 4.39 Å². The minimum atomic E-state index is -0.727. The van der Waals surface area contributed by atoms with E-state index in [9.17, 15) is 14.0 Å². The minimum absolute atomic E-state index is 0.0288. The number of hydrogen-bond acceptors (Lipinski definition) is 4. The first-order valence-corrected chi connectivity index (χ1v) is 5.77. The van der Waals surface area contributed by atoms with E-state index in [-0.39, 0.29) is 16.7 Å². The zero-order valence-corrected chi connectivity index (χ0v) is 9.38. The maximum atomic E-state index is 13.3. The molecule has 1 aliphatic rings. The van der Waals surface area contributed by atoms with Crippen molar-refractivity contribution in [3.8, 4) is 5.75 Å². The van der Waals surface area contributed by atoms with E-state index in [4.69, 9.17) is 5.11 Å². The Labute approximate surface area is 100 Å². The Bertz CT molecular complexity index is 481. The number of carbonyl (C=O) groups is 2. The molecule has 7 heteroatoms. The average Bonchev–Trinajstić information content (AvgIpc) is 2.69. The van der Waals surface area contributed by atoms with Crippen LogP contribution in [0.15, 0.2) is 18.2 Å². The summed E-state index contributed by atoms with van der Waals surface area (Å²) in [6, 6.07) is 2.77. The third-order valence-corrected chi connectivity index (χ3v) is 3.08. The summed E-state index contributed by atoms with van der Waals surface area (Å²) in [4.78, 5) is 22.5. The van der Waals surface area contributed by atoms with Gasteiger partial charge in [0.15, 0.2) is 0 Å². The Morgan fingerprint density at radius 2 is 2.35 bits per heavy atom. The van der Waals surface area contributed by atoms with Crippen LogP contribution in [0.2, 0.25) is 0 Å². The molecule has 1 aromatic carbocycles. The van der Waals surface area contributed by atoms with Gasteiger partial charge in [-0.1, -0.05) is 11.8 Å². The van der Waals surface area contributed by atoms with Crippen molar-refractivity contribution >= 4 is 28.6 Å². The molecule has 5 nitrogen and oxygen atoms in total. The second kappa shape index (κ2) is 4.62. The van der Waals surface area contributed by atoms with Gasteiger partial charge in [-0.2, -0.15) is 0 Å². The van der Waals surface area contributed by atoms with Crippen LogP contribution in [0.1, 0.15) is 0 Å². The summed E-state index contributed by atoms with van der Waals surface area (Å²) in [6.07, 6.45) is 0. The fourth-order valence-electron chi connectivity index (χ4n) is 1.35. The first-order valence-electron chi connectivity index (χ1n) is 4.79. The van der Waals surface area contributed by atoms with E-state index in [1.165, 1.54) is 12.1 Å². The third-order valence-electron chi connectivity index (χ3n) is 2.20. The standard InChI is InChI=1S/C10H9FN2O3S/c11-6-3-5(14)1-2-7(6)12-9(15)8-4-17-10(16)13-8/h1-3,8,14H,4H2,(H,12,15)(H,13,16). The quantitative estimate of drug-likeness (QED) is 0.697. The summed E-state index contributed by atoms with van der Waals surface area (Å²) >= 11 is 1.01. The number of halogens is 1. The number of benzene rings is 1. The molecule has 0 aromatic heterocycles. The molecule has 1 aromatic rings. The number of thioether (sulfide) groups is 1. The molecule has 1 saturated heterocycles. The molecule has 1 heterocycles. The van der Waals surface area contributed by atoms with Gasteiger partial charge >= 0.3 is 0 Å². The van der Waals surface area contributed by atoms with Gasteiger partial charge in [0.1, 0.15) is 17.6 Å². The number of anilines is 1. The van der Waals surface area contributed by atoms with Crippen LogP contribution >= 0.6 is 11.8 Å². The molecular formula is C10H9FN2O3S. The van der Waals surface area contributed by atoms with E-state index in [0.717, 1.165) is 17.8 Å². The van der Waals surface area contributed by atoms with E-state index in [1.807, 2.05) is 0 Å². The van der Waals surface area contributed by atoms with Crippen LogP contribution in [-0.2, 0) is 4.79 Å². The highest BCUT2D eigenvalue weighted by Crippen LogP contribution is 2.20. The molecule has 0 saturated carbocycles. The largest absolute Gasteiger partial charge is 0.508 e. The average molecular weight is 256 g/mol. The summed E-state index contributed by atoms with van der Waals surface area (Å²) in [7, 11) is 0. The Hall–Kier alpha value is -1.76. The minimum Gasteiger partial charge on any atom is -0.508 e. The van der Waals surface area contributed by atoms with Crippen LogP contribution in [0.5, 0.6) is 5.75 Å². The van der Waals surface area contributed by atoms with Crippen molar-refractivity contribution in [2.24, 2.45) is 0 Å². The molecule has 1 unspecified atom stereocenters. The maximum absolute atomic E-state index is 13.3. The van der Waals surface area contributed by atoms with Crippen molar-refractivity contribution in [2.75, 3.05) is 11.1 Å². The highest BCUT2D eigenvalue weighted by atomic mass is 32.2. The summed E-state index contributed by atoms with van der Waals surface area (Å²) in [5, 5.41) is 13.5. The second-order valence-electron chi connectivity index (χ2n) is 3.45. The second-order valence-corrected chi connectivity index (χ2v) is 4.44. The molecule has 2 amide bonds. The predicted octanol–water partition coefficient (Wildman–Crippen LogP) is 1.29. The van der Waals surface area contributed by atoms with Gasteiger partial charge in [0, 0.05) is 11.8 Å². The van der Waals surface area contributed by atoms with E-state index >= 15 is 0 Å². The van der Waals surface area contributed by atoms with Gasteiger partial charge in [-0.15, -0.1) is 0 Å². The molecule has 3 N–H and O–H groups in total. The number of phenols is 1.